The Morgan fingerprint density at radius 3 is 2.91 bits per heavy atom. The van der Waals surface area contributed by atoms with Crippen LogP contribution in [0.4, 0.5) is 0 Å². The fourth-order valence-electron chi connectivity index (χ4n) is 2.58. The molecule has 1 aromatic heterocycles. The third-order valence-electron chi connectivity index (χ3n) is 3.61. The maximum atomic E-state index is 12.3. The number of aromatic nitrogens is 1. The number of nitrogens with zero attached hydrogens (tertiary/aromatic N) is 2. The molecule has 2 heterocycles. The molecular weight excluding hydrogens is 298 g/mol. The molecule has 2 atom stereocenters. The standard InChI is InChI=1S/C16H23N3O4/c1-10(2)23-15-6-12(4-5-17-15)8-18-16(22)14-7-13(21)9-19(14)11(3)20/h4-6,10,13-14,21H,7-9H2,1-3H3,(H,18,22)/t13-,14-/m1/s1. The van der Waals surface area contributed by atoms with E-state index in [1.165, 1.54) is 11.8 Å². The molecule has 2 amide bonds. The smallest absolute Gasteiger partial charge is 0.243 e. The predicted octanol–water partition coefficient (Wildman–Crippen LogP) is 0.467. The van der Waals surface area contributed by atoms with Crippen molar-refractivity contribution >= 4 is 11.8 Å². The summed E-state index contributed by atoms with van der Waals surface area (Å²) in [6.07, 6.45) is 1.27. The number of likely N-dealkylation sites (tertiary alicyclic amines) is 1. The van der Waals surface area contributed by atoms with Crippen LogP contribution in [-0.2, 0) is 16.1 Å². The molecule has 2 rings (SSSR count). The highest BCUT2D eigenvalue weighted by molar-refractivity contribution is 5.87. The third kappa shape index (κ3) is 4.66. The zero-order valence-electron chi connectivity index (χ0n) is 13.7. The molecule has 0 unspecified atom stereocenters. The Morgan fingerprint density at radius 1 is 1.52 bits per heavy atom. The van der Waals surface area contributed by atoms with E-state index in [-0.39, 0.29) is 30.9 Å². The van der Waals surface area contributed by atoms with Gasteiger partial charge in [0.1, 0.15) is 6.04 Å². The summed E-state index contributed by atoms with van der Waals surface area (Å²) in [5, 5.41) is 12.5. The predicted molar refractivity (Wildman–Crippen MR) is 83.6 cm³/mol. The van der Waals surface area contributed by atoms with Crippen molar-refractivity contribution in [1.82, 2.24) is 15.2 Å². The van der Waals surface area contributed by atoms with E-state index < -0.39 is 12.1 Å². The summed E-state index contributed by atoms with van der Waals surface area (Å²) >= 11 is 0. The number of pyridine rings is 1. The van der Waals surface area contributed by atoms with Crippen LogP contribution < -0.4 is 10.1 Å². The molecule has 0 aromatic carbocycles. The molecule has 1 aliphatic rings. The number of ether oxygens (including phenoxy) is 1. The van der Waals surface area contributed by atoms with E-state index in [0.717, 1.165) is 5.56 Å². The van der Waals surface area contributed by atoms with Gasteiger partial charge in [0.2, 0.25) is 17.7 Å². The van der Waals surface area contributed by atoms with E-state index in [0.29, 0.717) is 12.4 Å². The number of rotatable bonds is 5. The number of hydrogen-bond acceptors (Lipinski definition) is 5. The highest BCUT2D eigenvalue weighted by Crippen LogP contribution is 2.18. The van der Waals surface area contributed by atoms with Crippen molar-refractivity contribution in [3.05, 3.63) is 23.9 Å². The number of carbonyl (C=O) groups is 2. The van der Waals surface area contributed by atoms with Gasteiger partial charge in [-0.2, -0.15) is 0 Å². The number of aliphatic hydroxyl groups excluding tert-OH is 1. The van der Waals surface area contributed by atoms with E-state index in [1.807, 2.05) is 13.8 Å². The number of carbonyl (C=O) groups excluding carboxylic acids is 2. The first-order valence-corrected chi connectivity index (χ1v) is 7.71. The SMILES string of the molecule is CC(=O)N1C[C@H](O)C[C@@H]1C(=O)NCc1ccnc(OC(C)C)c1. The minimum atomic E-state index is -0.651. The molecule has 2 N–H and O–H groups in total. The number of nitrogens with one attached hydrogen (secondary N) is 1. The van der Waals surface area contributed by atoms with Gasteiger partial charge in [0.15, 0.2) is 0 Å². The lowest BCUT2D eigenvalue weighted by Gasteiger charge is -2.22. The van der Waals surface area contributed by atoms with E-state index >= 15 is 0 Å². The van der Waals surface area contributed by atoms with Gasteiger partial charge in [-0.1, -0.05) is 0 Å². The lowest BCUT2D eigenvalue weighted by atomic mass is 10.1. The fraction of sp³-hybridized carbons (Fsp3) is 0.562. The minimum Gasteiger partial charge on any atom is -0.475 e. The van der Waals surface area contributed by atoms with E-state index in [2.05, 4.69) is 10.3 Å². The number of β-amino-alcohol motifs (C(OH)–C–C–N with tert-alkyl or cyclic N) is 1. The topological polar surface area (TPSA) is 91.8 Å². The summed E-state index contributed by atoms with van der Waals surface area (Å²) in [6.45, 7) is 5.75. The molecule has 7 nitrogen and oxygen atoms in total. The summed E-state index contributed by atoms with van der Waals surface area (Å²) in [7, 11) is 0. The first-order chi connectivity index (χ1) is 10.9. The Bertz CT molecular complexity index is 576. The van der Waals surface area contributed by atoms with E-state index in [1.54, 1.807) is 18.3 Å². The van der Waals surface area contributed by atoms with Crippen molar-refractivity contribution in [2.24, 2.45) is 0 Å². The number of hydrogen-bond donors (Lipinski definition) is 2. The summed E-state index contributed by atoms with van der Waals surface area (Å²) < 4.78 is 5.51. The summed E-state index contributed by atoms with van der Waals surface area (Å²) in [5.41, 5.74) is 0.858. The van der Waals surface area contributed by atoms with Crippen LogP contribution in [0, 0.1) is 0 Å². The average Bonchev–Trinajstić information content (AvgIpc) is 2.87. The second kappa shape index (κ2) is 7.41. The van der Waals surface area contributed by atoms with Gasteiger partial charge in [0.25, 0.3) is 0 Å². The first-order valence-electron chi connectivity index (χ1n) is 7.71. The highest BCUT2D eigenvalue weighted by Gasteiger charge is 2.37. The largest absolute Gasteiger partial charge is 0.475 e. The Balaban J connectivity index is 1.95. The van der Waals surface area contributed by atoms with Crippen LogP contribution in [0.2, 0.25) is 0 Å². The third-order valence-corrected chi connectivity index (χ3v) is 3.61. The quantitative estimate of drug-likeness (QED) is 0.822. The van der Waals surface area contributed by atoms with Gasteiger partial charge in [-0.3, -0.25) is 9.59 Å². The van der Waals surface area contributed by atoms with E-state index in [9.17, 15) is 14.7 Å². The Labute approximate surface area is 135 Å². The summed E-state index contributed by atoms with van der Waals surface area (Å²) in [5.74, 6) is 0.0338. The van der Waals surface area contributed by atoms with Crippen molar-refractivity contribution in [3.8, 4) is 5.88 Å². The van der Waals surface area contributed by atoms with E-state index in [4.69, 9.17) is 4.74 Å². The Morgan fingerprint density at radius 2 is 2.26 bits per heavy atom. The molecule has 23 heavy (non-hydrogen) atoms. The monoisotopic (exact) mass is 321 g/mol. The first kappa shape index (κ1) is 17.2. The second-order valence-corrected chi connectivity index (χ2v) is 5.96. The molecule has 1 aliphatic heterocycles. The molecule has 0 aliphatic carbocycles. The maximum Gasteiger partial charge on any atom is 0.243 e. The fourth-order valence-corrected chi connectivity index (χ4v) is 2.58. The number of aliphatic hydroxyl groups is 1. The van der Waals surface area contributed by atoms with Gasteiger partial charge in [-0.25, -0.2) is 4.98 Å². The molecule has 0 bridgehead atoms. The van der Waals surface area contributed by atoms with Gasteiger partial charge in [0.05, 0.1) is 12.2 Å². The highest BCUT2D eigenvalue weighted by atomic mass is 16.5. The molecule has 0 spiro atoms. The molecule has 0 radical (unpaired) electrons. The molecule has 0 saturated carbocycles. The van der Waals surface area contributed by atoms with Gasteiger partial charge < -0.3 is 20.1 Å². The van der Waals surface area contributed by atoms with Gasteiger partial charge in [-0.05, 0) is 25.5 Å². The van der Waals surface area contributed by atoms with Crippen LogP contribution in [0.5, 0.6) is 5.88 Å². The van der Waals surface area contributed by atoms with Crippen molar-refractivity contribution in [3.63, 3.8) is 0 Å². The number of amides is 2. The molecule has 1 fully saturated rings. The summed E-state index contributed by atoms with van der Waals surface area (Å²) in [6, 6.07) is 2.95. The molecule has 1 aromatic rings. The van der Waals surface area contributed by atoms with Gasteiger partial charge >= 0.3 is 0 Å². The van der Waals surface area contributed by atoms with Crippen molar-refractivity contribution in [2.75, 3.05) is 6.54 Å². The molecular formula is C16H23N3O4. The zero-order valence-corrected chi connectivity index (χ0v) is 13.7. The van der Waals surface area contributed by atoms with Crippen LogP contribution in [0.1, 0.15) is 32.8 Å². The Hall–Kier alpha value is -2.15. The van der Waals surface area contributed by atoms with Crippen LogP contribution in [0.25, 0.3) is 0 Å². The van der Waals surface area contributed by atoms with Crippen LogP contribution in [0.3, 0.4) is 0 Å². The lowest BCUT2D eigenvalue weighted by molar-refractivity contribution is -0.137. The van der Waals surface area contributed by atoms with Crippen molar-refractivity contribution < 1.29 is 19.4 Å². The normalized spacial score (nSPS) is 20.7. The van der Waals surface area contributed by atoms with Gasteiger partial charge in [-0.15, -0.1) is 0 Å². The lowest BCUT2D eigenvalue weighted by Crippen LogP contribution is -2.44. The average molecular weight is 321 g/mol. The van der Waals surface area contributed by atoms with Crippen molar-refractivity contribution in [2.45, 2.75) is 52.0 Å². The maximum absolute atomic E-state index is 12.3. The molecule has 1 saturated heterocycles. The molecule has 7 heteroatoms. The zero-order chi connectivity index (χ0) is 17.0. The second-order valence-electron chi connectivity index (χ2n) is 5.96. The van der Waals surface area contributed by atoms with Crippen LogP contribution in [-0.4, -0.2) is 51.6 Å². The van der Waals surface area contributed by atoms with Gasteiger partial charge in [0, 0.05) is 38.7 Å². The van der Waals surface area contributed by atoms with Crippen LogP contribution >= 0.6 is 0 Å². The van der Waals surface area contributed by atoms with Crippen molar-refractivity contribution in [1.29, 1.82) is 0 Å². The Kier molecular flexibility index (Phi) is 5.54. The molecule has 126 valence electrons. The van der Waals surface area contributed by atoms with Crippen LogP contribution in [0.15, 0.2) is 18.3 Å². The summed E-state index contributed by atoms with van der Waals surface area (Å²) in [4.78, 5) is 29.3. The minimum absolute atomic E-state index is 0.0245.